The third-order valence-electron chi connectivity index (χ3n) is 4.46. The fourth-order valence-corrected chi connectivity index (χ4v) is 4.44. The summed E-state index contributed by atoms with van der Waals surface area (Å²) in [5, 5.41) is -0.476. The van der Waals surface area contributed by atoms with Crippen molar-refractivity contribution in [2.75, 3.05) is 46.1 Å². The molecule has 0 aliphatic carbocycles. The third-order valence-corrected chi connectivity index (χ3v) is 5.96. The Bertz CT molecular complexity index is 952. The second-order valence-electron chi connectivity index (χ2n) is 6.52. The van der Waals surface area contributed by atoms with Gasteiger partial charge in [0.25, 0.3) is 11.1 Å². The van der Waals surface area contributed by atoms with E-state index < -0.39 is 11.1 Å². The molecule has 10 heteroatoms. The average molecular weight is 509 g/mol. The van der Waals surface area contributed by atoms with E-state index in [1.54, 1.807) is 23.1 Å². The molecule has 1 aromatic rings. The van der Waals surface area contributed by atoms with Gasteiger partial charge in [0, 0.05) is 13.1 Å². The molecule has 2 aliphatic heterocycles. The van der Waals surface area contributed by atoms with Gasteiger partial charge in [0.05, 0.1) is 29.2 Å². The molecule has 2 aliphatic rings. The van der Waals surface area contributed by atoms with Crippen molar-refractivity contribution in [2.24, 2.45) is 0 Å². The Hall–Kier alpha value is -2.48. The van der Waals surface area contributed by atoms with E-state index in [9.17, 15) is 14.4 Å². The number of carbonyl (C=O) groups is 3. The lowest BCUT2D eigenvalue weighted by Crippen LogP contribution is -2.46. The predicted molar refractivity (Wildman–Crippen MR) is 120 cm³/mol. The number of amides is 3. The van der Waals surface area contributed by atoms with Gasteiger partial charge in [-0.2, -0.15) is 0 Å². The molecule has 164 valence electrons. The SMILES string of the molecule is C#CCOc1c(Br)cc(/C=C2/SC(=O)N(CC(=O)N3CCOCC3)C2=O)cc1OCC. The van der Waals surface area contributed by atoms with Crippen LogP contribution in [-0.4, -0.2) is 72.9 Å². The monoisotopic (exact) mass is 508 g/mol. The molecule has 3 rings (SSSR count). The second-order valence-corrected chi connectivity index (χ2v) is 8.36. The number of hydrogen-bond donors (Lipinski definition) is 0. The predicted octanol–water partition coefficient (Wildman–Crippen LogP) is 2.75. The van der Waals surface area contributed by atoms with Gasteiger partial charge in [0.1, 0.15) is 13.2 Å². The van der Waals surface area contributed by atoms with Crippen molar-refractivity contribution in [3.05, 3.63) is 27.1 Å². The van der Waals surface area contributed by atoms with Gasteiger partial charge in [-0.05, 0) is 58.4 Å². The lowest BCUT2D eigenvalue weighted by atomic mass is 10.2. The molecule has 0 spiro atoms. The number of terminal acetylenes is 1. The van der Waals surface area contributed by atoms with Crippen LogP contribution in [0.3, 0.4) is 0 Å². The summed E-state index contributed by atoms with van der Waals surface area (Å²) >= 11 is 4.23. The molecule has 2 saturated heterocycles. The van der Waals surface area contributed by atoms with Gasteiger partial charge in [-0.3, -0.25) is 19.3 Å². The second kappa shape index (κ2) is 10.7. The Morgan fingerprint density at radius 3 is 2.74 bits per heavy atom. The van der Waals surface area contributed by atoms with Gasteiger partial charge in [-0.15, -0.1) is 6.42 Å². The zero-order valence-corrected chi connectivity index (χ0v) is 19.3. The zero-order chi connectivity index (χ0) is 22.4. The van der Waals surface area contributed by atoms with Crippen LogP contribution in [0.15, 0.2) is 21.5 Å². The molecular weight excluding hydrogens is 488 g/mol. The van der Waals surface area contributed by atoms with E-state index >= 15 is 0 Å². The minimum absolute atomic E-state index is 0.0775. The topological polar surface area (TPSA) is 85.4 Å². The summed E-state index contributed by atoms with van der Waals surface area (Å²) in [4.78, 5) is 40.4. The molecule has 0 bridgehead atoms. The van der Waals surface area contributed by atoms with E-state index in [0.29, 0.717) is 54.4 Å². The maximum atomic E-state index is 12.8. The molecule has 2 heterocycles. The number of carbonyl (C=O) groups excluding carboxylic acids is 3. The summed E-state index contributed by atoms with van der Waals surface area (Å²) in [6, 6.07) is 3.44. The Balaban J connectivity index is 1.78. The van der Waals surface area contributed by atoms with Crippen molar-refractivity contribution in [2.45, 2.75) is 6.92 Å². The normalized spacial score (nSPS) is 17.8. The van der Waals surface area contributed by atoms with Crippen molar-refractivity contribution < 1.29 is 28.6 Å². The summed E-state index contributed by atoms with van der Waals surface area (Å²) in [6.07, 6.45) is 6.85. The Labute approximate surface area is 193 Å². The summed E-state index contributed by atoms with van der Waals surface area (Å²) < 4.78 is 17.0. The summed E-state index contributed by atoms with van der Waals surface area (Å²) in [5.74, 6) is 2.54. The maximum Gasteiger partial charge on any atom is 0.294 e. The maximum absolute atomic E-state index is 12.8. The van der Waals surface area contributed by atoms with E-state index in [1.807, 2.05) is 6.92 Å². The first-order valence-corrected chi connectivity index (χ1v) is 11.2. The molecule has 0 unspecified atom stereocenters. The van der Waals surface area contributed by atoms with Crippen LogP contribution in [0.25, 0.3) is 6.08 Å². The zero-order valence-electron chi connectivity index (χ0n) is 16.9. The minimum Gasteiger partial charge on any atom is -0.490 e. The Morgan fingerprint density at radius 1 is 1.32 bits per heavy atom. The smallest absolute Gasteiger partial charge is 0.294 e. The van der Waals surface area contributed by atoms with Gasteiger partial charge in [0.2, 0.25) is 5.91 Å². The van der Waals surface area contributed by atoms with E-state index in [1.165, 1.54) is 0 Å². The number of morpholine rings is 1. The molecule has 0 radical (unpaired) electrons. The van der Waals surface area contributed by atoms with Crippen molar-refractivity contribution in [3.63, 3.8) is 0 Å². The van der Waals surface area contributed by atoms with Crippen LogP contribution in [0.5, 0.6) is 11.5 Å². The quantitative estimate of drug-likeness (QED) is 0.413. The highest BCUT2D eigenvalue weighted by molar-refractivity contribution is 9.10. The Kier molecular flexibility index (Phi) is 8.01. The first-order chi connectivity index (χ1) is 14.9. The molecule has 31 heavy (non-hydrogen) atoms. The third kappa shape index (κ3) is 5.61. The van der Waals surface area contributed by atoms with E-state index in [4.69, 9.17) is 20.6 Å². The van der Waals surface area contributed by atoms with Crippen molar-refractivity contribution >= 4 is 50.8 Å². The lowest BCUT2D eigenvalue weighted by molar-refractivity contribution is -0.139. The molecule has 8 nitrogen and oxygen atoms in total. The number of benzene rings is 1. The summed E-state index contributed by atoms with van der Waals surface area (Å²) in [5.41, 5.74) is 0.633. The van der Waals surface area contributed by atoms with Crippen LogP contribution >= 0.6 is 27.7 Å². The number of nitrogens with zero attached hydrogens (tertiary/aromatic N) is 2. The molecule has 2 fully saturated rings. The van der Waals surface area contributed by atoms with Crippen LogP contribution in [0, 0.1) is 12.3 Å². The molecular formula is C21H21BrN2O6S. The van der Waals surface area contributed by atoms with Crippen LogP contribution in [0.4, 0.5) is 4.79 Å². The van der Waals surface area contributed by atoms with Crippen molar-refractivity contribution in [1.29, 1.82) is 0 Å². The van der Waals surface area contributed by atoms with Gasteiger partial charge in [-0.1, -0.05) is 5.92 Å². The van der Waals surface area contributed by atoms with E-state index in [-0.39, 0.29) is 24.0 Å². The van der Waals surface area contributed by atoms with Crippen LogP contribution < -0.4 is 9.47 Å². The molecule has 0 atom stereocenters. The average Bonchev–Trinajstić information content (AvgIpc) is 3.01. The van der Waals surface area contributed by atoms with Crippen LogP contribution in [0.1, 0.15) is 12.5 Å². The van der Waals surface area contributed by atoms with E-state index in [0.717, 1.165) is 16.7 Å². The van der Waals surface area contributed by atoms with Gasteiger partial charge >= 0.3 is 0 Å². The number of halogens is 1. The summed E-state index contributed by atoms with van der Waals surface area (Å²) in [6.45, 7) is 3.84. The molecule has 3 amide bonds. The molecule has 0 aromatic heterocycles. The van der Waals surface area contributed by atoms with Crippen molar-refractivity contribution in [3.8, 4) is 23.8 Å². The number of hydrogen-bond acceptors (Lipinski definition) is 7. The highest BCUT2D eigenvalue weighted by Crippen LogP contribution is 2.39. The first-order valence-electron chi connectivity index (χ1n) is 9.58. The molecule has 1 aromatic carbocycles. The van der Waals surface area contributed by atoms with Gasteiger partial charge < -0.3 is 19.1 Å². The van der Waals surface area contributed by atoms with Gasteiger partial charge in [-0.25, -0.2) is 0 Å². The largest absolute Gasteiger partial charge is 0.490 e. The first kappa shape index (κ1) is 23.2. The molecule has 0 N–H and O–H groups in total. The summed E-state index contributed by atoms with van der Waals surface area (Å²) in [7, 11) is 0. The van der Waals surface area contributed by atoms with Crippen LogP contribution in [-0.2, 0) is 14.3 Å². The number of rotatable bonds is 7. The standard InChI is InChI=1S/C21H21BrN2O6S/c1-3-7-30-19-15(22)10-14(11-16(19)29-4-2)12-17-20(26)24(21(27)31-17)13-18(25)23-5-8-28-9-6-23/h1,10-12H,4-9,13H2,2H3/b17-12+. The minimum atomic E-state index is -0.502. The highest BCUT2D eigenvalue weighted by Gasteiger charge is 2.37. The lowest BCUT2D eigenvalue weighted by Gasteiger charge is -2.28. The number of thioether (sulfide) groups is 1. The number of imide groups is 1. The fraction of sp³-hybridized carbons (Fsp3) is 0.381. The molecule has 0 saturated carbocycles. The van der Waals surface area contributed by atoms with Gasteiger partial charge in [0.15, 0.2) is 11.5 Å². The van der Waals surface area contributed by atoms with Crippen LogP contribution in [0.2, 0.25) is 0 Å². The Morgan fingerprint density at radius 2 is 2.06 bits per heavy atom. The van der Waals surface area contributed by atoms with E-state index in [2.05, 4.69) is 21.9 Å². The number of ether oxygens (including phenoxy) is 3. The fourth-order valence-electron chi connectivity index (χ4n) is 3.02. The highest BCUT2D eigenvalue weighted by atomic mass is 79.9. The van der Waals surface area contributed by atoms with Crippen molar-refractivity contribution in [1.82, 2.24) is 9.80 Å².